The van der Waals surface area contributed by atoms with E-state index >= 15 is 0 Å². The molecule has 1 heterocycles. The highest BCUT2D eigenvalue weighted by molar-refractivity contribution is 5.85. The zero-order valence-corrected chi connectivity index (χ0v) is 12.6. The van der Waals surface area contributed by atoms with Crippen LogP contribution in [-0.4, -0.2) is 36.4 Å². The average molecular weight is 288 g/mol. The lowest BCUT2D eigenvalue weighted by Gasteiger charge is -2.06. The molecule has 0 spiro atoms. The summed E-state index contributed by atoms with van der Waals surface area (Å²) in [5.74, 6) is 0.770. The number of benzene rings is 1. The Morgan fingerprint density at radius 3 is 2.52 bits per heavy atom. The number of aromatic nitrogens is 2. The lowest BCUT2D eigenvalue weighted by Crippen LogP contribution is -2.04. The molecule has 2 rings (SSSR count). The van der Waals surface area contributed by atoms with Crippen LogP contribution in [-0.2, 0) is 4.74 Å². The quantitative estimate of drug-likeness (QED) is 0.580. The third-order valence-corrected chi connectivity index (χ3v) is 3.10. The zero-order chi connectivity index (χ0) is 15.2. The fourth-order valence-corrected chi connectivity index (χ4v) is 1.93. The lowest BCUT2D eigenvalue weighted by atomic mass is 10.1. The van der Waals surface area contributed by atoms with Crippen molar-refractivity contribution < 1.29 is 14.3 Å². The highest BCUT2D eigenvalue weighted by Gasteiger charge is 2.12. The molecule has 2 aromatic rings. The van der Waals surface area contributed by atoms with Crippen molar-refractivity contribution in [1.82, 2.24) is 9.78 Å². The van der Waals surface area contributed by atoms with Gasteiger partial charge in [-0.2, -0.15) is 5.10 Å². The van der Waals surface area contributed by atoms with E-state index in [1.54, 1.807) is 18.0 Å². The first kappa shape index (κ1) is 15.3. The first-order chi connectivity index (χ1) is 10.2. The number of ether oxygens (including phenoxy) is 2. The highest BCUT2D eigenvalue weighted by atomic mass is 16.5. The summed E-state index contributed by atoms with van der Waals surface area (Å²) in [4.78, 5) is 11.2. The first-order valence-corrected chi connectivity index (χ1v) is 6.92. The van der Waals surface area contributed by atoms with Crippen LogP contribution in [0.5, 0.6) is 5.75 Å². The smallest absolute Gasteiger partial charge is 0.153 e. The van der Waals surface area contributed by atoms with Gasteiger partial charge in [-0.1, -0.05) is 0 Å². The van der Waals surface area contributed by atoms with E-state index in [-0.39, 0.29) is 6.04 Å². The Bertz CT molecular complexity index is 588. The molecule has 1 aromatic carbocycles. The van der Waals surface area contributed by atoms with Crippen molar-refractivity contribution in [3.8, 4) is 17.0 Å². The second kappa shape index (κ2) is 7.04. The molecule has 0 fully saturated rings. The van der Waals surface area contributed by atoms with Crippen LogP contribution in [0.1, 0.15) is 30.2 Å². The van der Waals surface area contributed by atoms with Crippen LogP contribution in [0.3, 0.4) is 0 Å². The molecular formula is C16H20N2O3. The Morgan fingerprint density at radius 1 is 1.24 bits per heavy atom. The van der Waals surface area contributed by atoms with Crippen molar-refractivity contribution in [3.05, 3.63) is 36.0 Å². The minimum atomic E-state index is 0.217. The maximum atomic E-state index is 11.2. The molecule has 0 amide bonds. The Kier molecular flexibility index (Phi) is 5.11. The second-order valence-corrected chi connectivity index (χ2v) is 4.99. The molecule has 0 saturated heterocycles. The van der Waals surface area contributed by atoms with E-state index in [1.165, 1.54) is 0 Å². The van der Waals surface area contributed by atoms with Crippen LogP contribution in [0.25, 0.3) is 11.3 Å². The molecule has 0 aliphatic heterocycles. The molecule has 5 heteroatoms. The van der Waals surface area contributed by atoms with Crippen LogP contribution in [0.15, 0.2) is 30.5 Å². The van der Waals surface area contributed by atoms with Crippen molar-refractivity contribution in [2.24, 2.45) is 0 Å². The summed E-state index contributed by atoms with van der Waals surface area (Å²) >= 11 is 0. The maximum Gasteiger partial charge on any atom is 0.153 e. The number of methoxy groups -OCH3 is 1. The van der Waals surface area contributed by atoms with Gasteiger partial charge in [0, 0.05) is 24.9 Å². The van der Waals surface area contributed by atoms with E-state index in [9.17, 15) is 4.79 Å². The molecule has 0 saturated carbocycles. The molecule has 0 bridgehead atoms. The van der Waals surface area contributed by atoms with Crippen molar-refractivity contribution in [1.29, 1.82) is 0 Å². The Balaban J connectivity index is 2.20. The van der Waals surface area contributed by atoms with Gasteiger partial charge in [-0.25, -0.2) is 0 Å². The van der Waals surface area contributed by atoms with Crippen LogP contribution in [0.4, 0.5) is 0 Å². The fraction of sp³-hybridized carbons (Fsp3) is 0.375. The number of rotatable bonds is 7. The van der Waals surface area contributed by atoms with Gasteiger partial charge in [0.15, 0.2) is 6.29 Å². The van der Waals surface area contributed by atoms with Gasteiger partial charge in [0.05, 0.1) is 12.2 Å². The number of aldehydes is 1. The number of hydrogen-bond acceptors (Lipinski definition) is 4. The van der Waals surface area contributed by atoms with Gasteiger partial charge in [0.25, 0.3) is 0 Å². The minimum absolute atomic E-state index is 0.217. The molecule has 0 unspecified atom stereocenters. The maximum absolute atomic E-state index is 11.2. The van der Waals surface area contributed by atoms with E-state index in [4.69, 9.17) is 9.47 Å². The van der Waals surface area contributed by atoms with E-state index < -0.39 is 0 Å². The van der Waals surface area contributed by atoms with Gasteiger partial charge < -0.3 is 9.47 Å². The van der Waals surface area contributed by atoms with E-state index in [2.05, 4.69) is 5.10 Å². The average Bonchev–Trinajstić information content (AvgIpc) is 2.93. The minimum Gasteiger partial charge on any atom is -0.491 e. The van der Waals surface area contributed by atoms with Gasteiger partial charge in [0.1, 0.15) is 18.1 Å². The molecule has 0 aliphatic rings. The van der Waals surface area contributed by atoms with Gasteiger partial charge >= 0.3 is 0 Å². The molecule has 0 radical (unpaired) electrons. The Hall–Kier alpha value is -2.14. The van der Waals surface area contributed by atoms with Crippen molar-refractivity contribution >= 4 is 6.29 Å². The molecule has 0 aliphatic carbocycles. The topological polar surface area (TPSA) is 53.4 Å². The van der Waals surface area contributed by atoms with Crippen LogP contribution in [0, 0.1) is 0 Å². The normalized spacial score (nSPS) is 10.9. The van der Waals surface area contributed by atoms with Crippen molar-refractivity contribution in [2.45, 2.75) is 19.9 Å². The number of hydrogen-bond donors (Lipinski definition) is 0. The van der Waals surface area contributed by atoms with Crippen LogP contribution >= 0.6 is 0 Å². The molecule has 0 N–H and O–H groups in total. The summed E-state index contributed by atoms with van der Waals surface area (Å²) in [7, 11) is 1.64. The number of carbonyl (C=O) groups excluding carboxylic acids is 1. The summed E-state index contributed by atoms with van der Waals surface area (Å²) in [6.07, 6.45) is 2.61. The number of carbonyl (C=O) groups is 1. The molecular weight excluding hydrogens is 268 g/mol. The Labute approximate surface area is 124 Å². The van der Waals surface area contributed by atoms with Crippen molar-refractivity contribution in [3.63, 3.8) is 0 Å². The summed E-state index contributed by atoms with van der Waals surface area (Å²) in [6.45, 7) is 5.11. The predicted molar refractivity (Wildman–Crippen MR) is 80.8 cm³/mol. The lowest BCUT2D eigenvalue weighted by molar-refractivity contribution is 0.112. The van der Waals surface area contributed by atoms with Crippen molar-refractivity contribution in [2.75, 3.05) is 20.3 Å². The molecule has 5 nitrogen and oxygen atoms in total. The molecule has 0 atom stereocenters. The monoisotopic (exact) mass is 288 g/mol. The number of nitrogens with zero attached hydrogens (tertiary/aromatic N) is 2. The van der Waals surface area contributed by atoms with E-state index in [0.717, 1.165) is 17.6 Å². The fourth-order valence-electron chi connectivity index (χ4n) is 1.93. The summed E-state index contributed by atoms with van der Waals surface area (Å²) in [5.41, 5.74) is 2.19. The summed E-state index contributed by atoms with van der Waals surface area (Å²) < 4.78 is 12.2. The SMILES string of the molecule is COCCOc1ccc(-c2nn(C(C)C)cc2C=O)cc1. The molecule has 112 valence electrons. The molecule has 21 heavy (non-hydrogen) atoms. The van der Waals surface area contributed by atoms with Crippen LogP contribution in [0.2, 0.25) is 0 Å². The van der Waals surface area contributed by atoms with Gasteiger partial charge in [-0.15, -0.1) is 0 Å². The Morgan fingerprint density at radius 2 is 1.95 bits per heavy atom. The first-order valence-electron chi connectivity index (χ1n) is 6.92. The van der Waals surface area contributed by atoms with Gasteiger partial charge in [0.2, 0.25) is 0 Å². The third-order valence-electron chi connectivity index (χ3n) is 3.10. The second-order valence-electron chi connectivity index (χ2n) is 4.99. The van der Waals surface area contributed by atoms with E-state index in [1.807, 2.05) is 38.1 Å². The van der Waals surface area contributed by atoms with Crippen LogP contribution < -0.4 is 4.74 Å². The largest absolute Gasteiger partial charge is 0.491 e. The summed E-state index contributed by atoms with van der Waals surface area (Å²) in [5, 5.41) is 4.48. The van der Waals surface area contributed by atoms with Gasteiger partial charge in [-0.05, 0) is 38.1 Å². The standard InChI is InChI=1S/C16H20N2O3/c1-12(2)18-10-14(11-19)16(17-18)13-4-6-15(7-5-13)21-9-8-20-3/h4-7,10-12H,8-9H2,1-3H3. The van der Waals surface area contributed by atoms with Gasteiger partial charge in [-0.3, -0.25) is 9.48 Å². The zero-order valence-electron chi connectivity index (χ0n) is 12.6. The molecule has 1 aromatic heterocycles. The van der Waals surface area contributed by atoms with E-state index in [0.29, 0.717) is 24.5 Å². The predicted octanol–water partition coefficient (Wildman–Crippen LogP) is 2.97. The summed E-state index contributed by atoms with van der Waals surface area (Å²) in [6, 6.07) is 7.76. The third kappa shape index (κ3) is 3.70. The highest BCUT2D eigenvalue weighted by Crippen LogP contribution is 2.24.